The van der Waals surface area contributed by atoms with Gasteiger partial charge in [0.25, 0.3) is 5.69 Å². The molecule has 1 aliphatic heterocycles. The topological polar surface area (TPSA) is 72.7 Å². The van der Waals surface area contributed by atoms with Gasteiger partial charge >= 0.3 is 0 Å². The van der Waals surface area contributed by atoms with E-state index in [0.717, 1.165) is 25.2 Å². The Balaban J connectivity index is 2.35. The second kappa shape index (κ2) is 6.00. The Morgan fingerprint density at radius 1 is 1.50 bits per heavy atom. The van der Waals surface area contributed by atoms with Crippen molar-refractivity contribution in [2.24, 2.45) is 0 Å². The van der Waals surface area contributed by atoms with E-state index in [2.05, 4.69) is 4.90 Å². The van der Waals surface area contributed by atoms with E-state index in [4.69, 9.17) is 4.74 Å². The van der Waals surface area contributed by atoms with E-state index >= 15 is 0 Å². The van der Waals surface area contributed by atoms with Gasteiger partial charge < -0.3 is 9.64 Å². The minimum atomic E-state index is -0.519. The first-order valence-electron chi connectivity index (χ1n) is 6.65. The highest BCUT2D eigenvalue weighted by Gasteiger charge is 2.21. The zero-order valence-electron chi connectivity index (χ0n) is 11.7. The van der Waals surface area contributed by atoms with Crippen molar-refractivity contribution < 1.29 is 14.5 Å². The lowest BCUT2D eigenvalue weighted by molar-refractivity contribution is -0.385. The standard InChI is InChI=1S/C14H18N2O4/c1-10-9-15(6-3-7-20-10)12-4-5-14(16(18)19)13(8-12)11(2)17/h4-5,8,10H,3,6-7,9H2,1-2H3. The lowest BCUT2D eigenvalue weighted by atomic mass is 10.1. The van der Waals surface area contributed by atoms with Gasteiger partial charge in [0.15, 0.2) is 5.78 Å². The molecule has 6 heteroatoms. The van der Waals surface area contributed by atoms with Crippen LogP contribution in [0.1, 0.15) is 30.6 Å². The normalized spacial score (nSPS) is 19.5. The van der Waals surface area contributed by atoms with Gasteiger partial charge in [-0.3, -0.25) is 14.9 Å². The summed E-state index contributed by atoms with van der Waals surface area (Å²) in [5.74, 6) is -0.294. The van der Waals surface area contributed by atoms with E-state index in [-0.39, 0.29) is 23.1 Å². The molecule has 1 unspecified atom stereocenters. The molecule has 0 aromatic heterocycles. The van der Waals surface area contributed by atoms with Crippen LogP contribution in [-0.2, 0) is 4.74 Å². The Bertz CT molecular complexity index is 530. The molecule has 20 heavy (non-hydrogen) atoms. The minimum Gasteiger partial charge on any atom is -0.377 e. The lowest BCUT2D eigenvalue weighted by Gasteiger charge is -2.24. The smallest absolute Gasteiger partial charge is 0.280 e. The molecule has 0 N–H and O–H groups in total. The third-order valence-corrected chi connectivity index (χ3v) is 3.37. The van der Waals surface area contributed by atoms with Gasteiger partial charge in [-0.1, -0.05) is 0 Å². The number of nitro groups is 1. The van der Waals surface area contributed by atoms with Crippen LogP contribution in [0.4, 0.5) is 11.4 Å². The van der Waals surface area contributed by atoms with Crippen LogP contribution in [0, 0.1) is 10.1 Å². The zero-order chi connectivity index (χ0) is 14.7. The molecule has 0 bridgehead atoms. The van der Waals surface area contributed by atoms with Crippen molar-refractivity contribution in [1.29, 1.82) is 0 Å². The van der Waals surface area contributed by atoms with E-state index in [9.17, 15) is 14.9 Å². The summed E-state index contributed by atoms with van der Waals surface area (Å²) in [7, 11) is 0. The summed E-state index contributed by atoms with van der Waals surface area (Å²) < 4.78 is 5.58. The van der Waals surface area contributed by atoms with Crippen LogP contribution >= 0.6 is 0 Å². The largest absolute Gasteiger partial charge is 0.377 e. The number of rotatable bonds is 3. The number of benzene rings is 1. The van der Waals surface area contributed by atoms with Crippen molar-refractivity contribution in [2.75, 3.05) is 24.6 Å². The van der Waals surface area contributed by atoms with Gasteiger partial charge in [0.05, 0.1) is 16.6 Å². The fourth-order valence-corrected chi connectivity index (χ4v) is 2.39. The van der Waals surface area contributed by atoms with Crippen molar-refractivity contribution >= 4 is 17.2 Å². The van der Waals surface area contributed by atoms with Crippen LogP contribution in [0.25, 0.3) is 0 Å². The Kier molecular flexibility index (Phi) is 4.34. The van der Waals surface area contributed by atoms with Crippen molar-refractivity contribution in [3.8, 4) is 0 Å². The van der Waals surface area contributed by atoms with Crippen LogP contribution in [0.5, 0.6) is 0 Å². The Morgan fingerprint density at radius 2 is 2.25 bits per heavy atom. The molecule has 6 nitrogen and oxygen atoms in total. The second-order valence-electron chi connectivity index (χ2n) is 5.00. The van der Waals surface area contributed by atoms with Crippen LogP contribution < -0.4 is 4.90 Å². The molecule has 0 saturated carbocycles. The van der Waals surface area contributed by atoms with Gasteiger partial charge in [-0.25, -0.2) is 0 Å². The monoisotopic (exact) mass is 278 g/mol. The maximum absolute atomic E-state index is 11.6. The van der Waals surface area contributed by atoms with Gasteiger partial charge in [-0.15, -0.1) is 0 Å². The number of anilines is 1. The first-order chi connectivity index (χ1) is 9.49. The molecule has 1 aromatic carbocycles. The molecule has 0 spiro atoms. The Morgan fingerprint density at radius 3 is 2.90 bits per heavy atom. The number of nitrogens with zero attached hydrogens (tertiary/aromatic N) is 2. The van der Waals surface area contributed by atoms with Crippen LogP contribution in [0.2, 0.25) is 0 Å². The average Bonchev–Trinajstić information content (AvgIpc) is 2.62. The summed E-state index contributed by atoms with van der Waals surface area (Å²) in [6, 6.07) is 4.71. The second-order valence-corrected chi connectivity index (χ2v) is 5.00. The predicted octanol–water partition coefficient (Wildman–Crippen LogP) is 2.41. The van der Waals surface area contributed by atoms with Crippen molar-refractivity contribution in [3.05, 3.63) is 33.9 Å². The molecule has 1 saturated heterocycles. The maximum atomic E-state index is 11.6. The lowest BCUT2D eigenvalue weighted by Crippen LogP contribution is -2.30. The van der Waals surface area contributed by atoms with E-state index in [1.807, 2.05) is 6.92 Å². The number of carbonyl (C=O) groups is 1. The molecule has 1 aliphatic rings. The SMILES string of the molecule is CC(=O)c1cc(N2CCCOC(C)C2)ccc1[N+](=O)[O-]. The van der Waals surface area contributed by atoms with Gasteiger partial charge in [0, 0.05) is 31.5 Å². The van der Waals surface area contributed by atoms with E-state index < -0.39 is 4.92 Å². The number of ketones is 1. The molecular weight excluding hydrogens is 260 g/mol. The number of ether oxygens (including phenoxy) is 1. The number of hydrogen-bond donors (Lipinski definition) is 0. The van der Waals surface area contributed by atoms with Crippen molar-refractivity contribution in [3.63, 3.8) is 0 Å². The predicted molar refractivity (Wildman–Crippen MR) is 75.3 cm³/mol. The average molecular weight is 278 g/mol. The van der Waals surface area contributed by atoms with Gasteiger partial charge in [-0.05, 0) is 32.4 Å². The first kappa shape index (κ1) is 14.5. The molecule has 0 radical (unpaired) electrons. The molecular formula is C14H18N2O4. The summed E-state index contributed by atoms with van der Waals surface area (Å²) >= 11 is 0. The summed E-state index contributed by atoms with van der Waals surface area (Å²) in [6.07, 6.45) is 1.00. The number of hydrogen-bond acceptors (Lipinski definition) is 5. The molecule has 1 heterocycles. The van der Waals surface area contributed by atoms with E-state index in [1.165, 1.54) is 13.0 Å². The molecule has 108 valence electrons. The third kappa shape index (κ3) is 3.14. The maximum Gasteiger partial charge on any atom is 0.280 e. The molecule has 1 fully saturated rings. The molecule has 0 amide bonds. The van der Waals surface area contributed by atoms with Gasteiger partial charge in [0.2, 0.25) is 0 Å². The van der Waals surface area contributed by atoms with Crippen LogP contribution in [-0.4, -0.2) is 36.5 Å². The number of carbonyl (C=O) groups excluding carboxylic acids is 1. The summed E-state index contributed by atoms with van der Waals surface area (Å²) in [5, 5.41) is 10.9. The molecule has 1 atom stereocenters. The van der Waals surface area contributed by atoms with E-state index in [1.54, 1.807) is 12.1 Å². The number of nitro benzene ring substituents is 1. The molecule has 2 rings (SSSR count). The van der Waals surface area contributed by atoms with Crippen LogP contribution in [0.15, 0.2) is 18.2 Å². The Labute approximate surface area is 117 Å². The Hall–Kier alpha value is -1.95. The molecule has 1 aromatic rings. The number of Topliss-reactive ketones (excluding diaryl/α,β-unsaturated/α-hetero) is 1. The highest BCUT2D eigenvalue weighted by molar-refractivity contribution is 5.99. The zero-order valence-corrected chi connectivity index (χ0v) is 11.7. The minimum absolute atomic E-state index is 0.105. The van der Waals surface area contributed by atoms with Gasteiger partial charge in [-0.2, -0.15) is 0 Å². The fourth-order valence-electron chi connectivity index (χ4n) is 2.39. The van der Waals surface area contributed by atoms with Gasteiger partial charge in [0.1, 0.15) is 0 Å². The highest BCUT2D eigenvalue weighted by atomic mass is 16.6. The van der Waals surface area contributed by atoms with Crippen molar-refractivity contribution in [1.82, 2.24) is 0 Å². The highest BCUT2D eigenvalue weighted by Crippen LogP contribution is 2.26. The summed E-state index contributed by atoms with van der Waals surface area (Å²) in [4.78, 5) is 24.1. The summed E-state index contributed by atoms with van der Waals surface area (Å²) in [5.41, 5.74) is 0.851. The van der Waals surface area contributed by atoms with Crippen LogP contribution in [0.3, 0.4) is 0 Å². The van der Waals surface area contributed by atoms with Crippen molar-refractivity contribution in [2.45, 2.75) is 26.4 Å². The van der Waals surface area contributed by atoms with E-state index in [0.29, 0.717) is 6.61 Å². The first-order valence-corrected chi connectivity index (χ1v) is 6.65. The third-order valence-electron chi connectivity index (χ3n) is 3.37. The fraction of sp³-hybridized carbons (Fsp3) is 0.500. The summed E-state index contributed by atoms with van der Waals surface area (Å²) in [6.45, 7) is 5.59. The molecule has 0 aliphatic carbocycles. The quantitative estimate of drug-likeness (QED) is 0.482.